The molecule has 3 N–H and O–H groups in total. The first-order valence-corrected chi connectivity index (χ1v) is 8.05. The van der Waals surface area contributed by atoms with Crippen LogP contribution in [0.5, 0.6) is 0 Å². The first-order valence-electron chi connectivity index (χ1n) is 7.24. The zero-order valence-electron chi connectivity index (χ0n) is 12.6. The Balaban J connectivity index is 1.71. The van der Waals surface area contributed by atoms with Gasteiger partial charge in [-0.15, -0.1) is 11.3 Å². The number of amides is 2. The van der Waals surface area contributed by atoms with Crippen molar-refractivity contribution in [2.24, 2.45) is 11.7 Å². The minimum atomic E-state index is -0.480. The van der Waals surface area contributed by atoms with Gasteiger partial charge in [0.2, 0.25) is 11.8 Å². The monoisotopic (exact) mass is 314 g/mol. The molecule has 1 aromatic carbocycles. The third-order valence-electron chi connectivity index (χ3n) is 4.11. The largest absolute Gasteiger partial charge is 0.366 e. The number of benzene rings is 1. The van der Waals surface area contributed by atoms with E-state index in [9.17, 15) is 9.59 Å². The summed E-state index contributed by atoms with van der Waals surface area (Å²) in [5.41, 5.74) is 7.16. The lowest BCUT2D eigenvalue weighted by molar-refractivity contribution is -0.117. The van der Waals surface area contributed by atoms with Crippen molar-refractivity contribution in [3.63, 3.8) is 0 Å². The maximum Gasteiger partial charge on any atom is 0.249 e. The minimum absolute atomic E-state index is 0.0146. The molecule has 1 fully saturated rings. The molecule has 3 rings (SSSR count). The highest BCUT2D eigenvalue weighted by Gasteiger charge is 2.44. The molecule has 0 aliphatic heterocycles. The molecule has 0 bridgehead atoms. The van der Waals surface area contributed by atoms with Crippen LogP contribution < -0.4 is 11.1 Å². The highest BCUT2D eigenvalue weighted by atomic mass is 32.1. The van der Waals surface area contributed by atoms with E-state index >= 15 is 0 Å². The van der Waals surface area contributed by atoms with Crippen molar-refractivity contribution < 1.29 is 9.59 Å². The number of carbonyl (C=O) groups excluding carboxylic acids is 2. The molecule has 2 atom stereocenters. The van der Waals surface area contributed by atoms with Gasteiger partial charge in [-0.25, -0.2) is 0 Å². The number of primary amides is 1. The summed E-state index contributed by atoms with van der Waals surface area (Å²) in [4.78, 5) is 26.3. The number of thiophene rings is 1. The molecule has 1 heterocycles. The molecule has 1 aromatic heterocycles. The molecule has 0 radical (unpaired) electrons. The van der Waals surface area contributed by atoms with Gasteiger partial charge in [0.15, 0.2) is 0 Å². The summed E-state index contributed by atoms with van der Waals surface area (Å²) in [7, 11) is 0. The van der Waals surface area contributed by atoms with Gasteiger partial charge in [-0.1, -0.05) is 6.07 Å². The standard InChI is InChI=1S/C17H18N2O2S/c1-9-6-7-15(22-9)12-8-13(12)17(21)19-14-5-3-4-11(10(14)2)16(18)20/h3-7,12-13H,8H2,1-2H3,(H2,18,20)(H,19,21). The summed E-state index contributed by atoms with van der Waals surface area (Å²) < 4.78 is 0. The van der Waals surface area contributed by atoms with Crippen molar-refractivity contribution >= 4 is 28.8 Å². The molecule has 0 spiro atoms. The predicted molar refractivity (Wildman–Crippen MR) is 88.2 cm³/mol. The van der Waals surface area contributed by atoms with Gasteiger partial charge in [0, 0.05) is 32.8 Å². The highest BCUT2D eigenvalue weighted by molar-refractivity contribution is 7.12. The molecule has 0 saturated heterocycles. The van der Waals surface area contributed by atoms with Crippen LogP contribution in [0.4, 0.5) is 5.69 Å². The van der Waals surface area contributed by atoms with E-state index in [0.29, 0.717) is 22.7 Å². The molecular weight excluding hydrogens is 296 g/mol. The smallest absolute Gasteiger partial charge is 0.249 e. The van der Waals surface area contributed by atoms with Crippen LogP contribution in [0.15, 0.2) is 30.3 Å². The molecule has 1 aliphatic rings. The Hall–Kier alpha value is -2.14. The summed E-state index contributed by atoms with van der Waals surface area (Å²) in [6.45, 7) is 3.87. The molecule has 1 aliphatic carbocycles. The van der Waals surface area contributed by atoms with E-state index in [4.69, 9.17) is 5.73 Å². The minimum Gasteiger partial charge on any atom is -0.366 e. The third kappa shape index (κ3) is 2.76. The van der Waals surface area contributed by atoms with E-state index in [2.05, 4.69) is 24.4 Å². The second kappa shape index (κ2) is 5.57. The molecule has 2 amide bonds. The van der Waals surface area contributed by atoms with E-state index in [0.717, 1.165) is 6.42 Å². The first kappa shape index (κ1) is 14.8. The normalized spacial score (nSPS) is 19.7. The Bertz CT molecular complexity index is 751. The molecule has 114 valence electrons. The number of nitrogens with two attached hydrogens (primary N) is 1. The third-order valence-corrected chi connectivity index (χ3v) is 5.24. The molecule has 22 heavy (non-hydrogen) atoms. The van der Waals surface area contributed by atoms with Gasteiger partial charge >= 0.3 is 0 Å². The summed E-state index contributed by atoms with van der Waals surface area (Å²) in [6.07, 6.45) is 0.889. The topological polar surface area (TPSA) is 72.2 Å². The van der Waals surface area contributed by atoms with E-state index < -0.39 is 5.91 Å². The van der Waals surface area contributed by atoms with Crippen molar-refractivity contribution in [1.29, 1.82) is 0 Å². The predicted octanol–water partition coefficient (Wildman–Crippen LogP) is 3.21. The number of rotatable bonds is 4. The molecule has 5 heteroatoms. The van der Waals surface area contributed by atoms with Crippen molar-refractivity contribution in [3.8, 4) is 0 Å². The van der Waals surface area contributed by atoms with Gasteiger partial charge in [0.25, 0.3) is 0 Å². The second-order valence-electron chi connectivity index (χ2n) is 5.73. The first-order chi connectivity index (χ1) is 10.5. The fourth-order valence-corrected chi connectivity index (χ4v) is 3.77. The van der Waals surface area contributed by atoms with Crippen molar-refractivity contribution in [2.45, 2.75) is 26.2 Å². The number of aryl methyl sites for hydroxylation is 1. The Morgan fingerprint density at radius 3 is 2.64 bits per heavy atom. The summed E-state index contributed by atoms with van der Waals surface area (Å²) in [5.74, 6) is -0.110. The second-order valence-corrected chi connectivity index (χ2v) is 7.05. The average molecular weight is 314 g/mol. The van der Waals surface area contributed by atoms with E-state index in [-0.39, 0.29) is 11.8 Å². The Morgan fingerprint density at radius 2 is 2.00 bits per heavy atom. The summed E-state index contributed by atoms with van der Waals surface area (Å²) in [6, 6.07) is 9.40. The molecule has 2 aromatic rings. The maximum atomic E-state index is 12.4. The van der Waals surface area contributed by atoms with Crippen molar-refractivity contribution in [2.75, 3.05) is 5.32 Å². The van der Waals surface area contributed by atoms with Gasteiger partial charge in [-0.3, -0.25) is 9.59 Å². The SMILES string of the molecule is Cc1ccc(C2CC2C(=O)Nc2cccc(C(N)=O)c2C)s1. The maximum absolute atomic E-state index is 12.4. The summed E-state index contributed by atoms with van der Waals surface area (Å²) in [5, 5.41) is 2.93. The lowest BCUT2D eigenvalue weighted by atomic mass is 10.1. The average Bonchev–Trinajstić information content (AvgIpc) is 3.16. The van der Waals surface area contributed by atoms with E-state index in [1.165, 1.54) is 9.75 Å². The molecule has 1 saturated carbocycles. The fourth-order valence-electron chi connectivity index (χ4n) is 2.72. The number of hydrogen-bond donors (Lipinski definition) is 2. The van der Waals surface area contributed by atoms with Crippen LogP contribution in [-0.2, 0) is 4.79 Å². The molecule has 4 nitrogen and oxygen atoms in total. The van der Waals surface area contributed by atoms with Crippen LogP contribution in [0.3, 0.4) is 0 Å². The number of anilines is 1. The van der Waals surface area contributed by atoms with Crippen LogP contribution in [-0.4, -0.2) is 11.8 Å². The van der Waals surface area contributed by atoms with Gasteiger partial charge in [0.05, 0.1) is 0 Å². The zero-order valence-corrected chi connectivity index (χ0v) is 13.4. The fraction of sp³-hybridized carbons (Fsp3) is 0.294. The summed E-state index contributed by atoms with van der Waals surface area (Å²) >= 11 is 1.75. The van der Waals surface area contributed by atoms with Gasteiger partial charge in [-0.05, 0) is 50.1 Å². The molecular formula is C17H18N2O2S. The lowest BCUT2D eigenvalue weighted by Crippen LogP contribution is -2.18. The Morgan fingerprint density at radius 1 is 1.23 bits per heavy atom. The highest BCUT2D eigenvalue weighted by Crippen LogP contribution is 2.50. The zero-order chi connectivity index (χ0) is 15.9. The van der Waals surface area contributed by atoms with Gasteiger partial charge in [0.1, 0.15) is 0 Å². The number of hydrogen-bond acceptors (Lipinski definition) is 3. The van der Waals surface area contributed by atoms with Crippen LogP contribution in [0.1, 0.15) is 38.0 Å². The number of carbonyl (C=O) groups is 2. The van der Waals surface area contributed by atoms with Gasteiger partial charge < -0.3 is 11.1 Å². The quantitative estimate of drug-likeness (QED) is 0.909. The van der Waals surface area contributed by atoms with Crippen LogP contribution in [0.2, 0.25) is 0 Å². The van der Waals surface area contributed by atoms with Crippen molar-refractivity contribution in [3.05, 3.63) is 51.2 Å². The van der Waals surface area contributed by atoms with Crippen LogP contribution in [0, 0.1) is 19.8 Å². The van der Waals surface area contributed by atoms with Crippen LogP contribution >= 0.6 is 11.3 Å². The van der Waals surface area contributed by atoms with Crippen LogP contribution in [0.25, 0.3) is 0 Å². The molecule has 2 unspecified atom stereocenters. The number of nitrogens with one attached hydrogen (secondary N) is 1. The van der Waals surface area contributed by atoms with E-state index in [1.54, 1.807) is 36.5 Å². The van der Waals surface area contributed by atoms with Gasteiger partial charge in [-0.2, -0.15) is 0 Å². The lowest BCUT2D eigenvalue weighted by Gasteiger charge is -2.10. The van der Waals surface area contributed by atoms with Crippen molar-refractivity contribution in [1.82, 2.24) is 0 Å². The van der Waals surface area contributed by atoms with E-state index in [1.807, 2.05) is 0 Å². The Labute approximate surface area is 133 Å². The Kier molecular flexibility index (Phi) is 3.74.